The summed E-state index contributed by atoms with van der Waals surface area (Å²) in [6.07, 6.45) is 0.974. The number of hydrogen-bond donors (Lipinski definition) is 0. The van der Waals surface area contributed by atoms with E-state index in [1.54, 1.807) is 0 Å². The van der Waals surface area contributed by atoms with Gasteiger partial charge in [0.05, 0.1) is 0 Å². The number of halogens is 1. The SMILES string of the molecule is Cc1ccc2c(c1)CC(COc1cc(Cl)ccc1C)O2. The fourth-order valence-corrected chi connectivity index (χ4v) is 2.62. The first-order valence-corrected chi connectivity index (χ1v) is 7.15. The van der Waals surface area contributed by atoms with Gasteiger partial charge in [-0.1, -0.05) is 35.4 Å². The summed E-state index contributed by atoms with van der Waals surface area (Å²) in [7, 11) is 0. The summed E-state index contributed by atoms with van der Waals surface area (Å²) in [4.78, 5) is 0. The number of aryl methyl sites for hydroxylation is 2. The zero-order valence-corrected chi connectivity index (χ0v) is 12.4. The molecule has 104 valence electrons. The van der Waals surface area contributed by atoms with E-state index in [4.69, 9.17) is 21.1 Å². The molecule has 1 unspecified atom stereocenters. The normalized spacial score (nSPS) is 16.6. The lowest BCUT2D eigenvalue weighted by Crippen LogP contribution is -2.22. The van der Waals surface area contributed by atoms with Gasteiger partial charge < -0.3 is 9.47 Å². The van der Waals surface area contributed by atoms with Gasteiger partial charge in [-0.25, -0.2) is 0 Å². The Balaban J connectivity index is 1.65. The molecule has 0 aliphatic carbocycles. The van der Waals surface area contributed by atoms with Gasteiger partial charge in [0.15, 0.2) is 0 Å². The van der Waals surface area contributed by atoms with Gasteiger partial charge in [-0.3, -0.25) is 0 Å². The Labute approximate surface area is 124 Å². The van der Waals surface area contributed by atoms with Crippen LogP contribution in [0.3, 0.4) is 0 Å². The van der Waals surface area contributed by atoms with Crippen LogP contribution in [0.5, 0.6) is 11.5 Å². The summed E-state index contributed by atoms with van der Waals surface area (Å²) >= 11 is 5.99. The monoisotopic (exact) mass is 288 g/mol. The number of fused-ring (bicyclic) bond motifs is 1. The van der Waals surface area contributed by atoms with E-state index in [0.29, 0.717) is 11.6 Å². The Bertz CT molecular complexity index is 637. The Kier molecular flexibility index (Phi) is 3.58. The minimum atomic E-state index is 0.0742. The number of ether oxygens (including phenoxy) is 2. The fourth-order valence-electron chi connectivity index (χ4n) is 2.45. The molecule has 0 saturated heterocycles. The number of rotatable bonds is 3. The van der Waals surface area contributed by atoms with Crippen LogP contribution >= 0.6 is 11.6 Å². The minimum Gasteiger partial charge on any atom is -0.489 e. The van der Waals surface area contributed by atoms with Crippen molar-refractivity contribution < 1.29 is 9.47 Å². The molecule has 20 heavy (non-hydrogen) atoms. The first-order chi connectivity index (χ1) is 9.61. The third kappa shape index (κ3) is 2.75. The van der Waals surface area contributed by atoms with Crippen LogP contribution < -0.4 is 9.47 Å². The number of benzene rings is 2. The lowest BCUT2D eigenvalue weighted by Gasteiger charge is -2.14. The molecule has 0 bridgehead atoms. The van der Waals surface area contributed by atoms with Gasteiger partial charge >= 0.3 is 0 Å². The first kappa shape index (κ1) is 13.3. The molecule has 3 heteroatoms. The zero-order chi connectivity index (χ0) is 14.1. The van der Waals surface area contributed by atoms with E-state index in [1.807, 2.05) is 31.2 Å². The molecule has 2 aromatic carbocycles. The molecular weight excluding hydrogens is 272 g/mol. The maximum atomic E-state index is 5.99. The van der Waals surface area contributed by atoms with Gasteiger partial charge in [0, 0.05) is 11.4 Å². The van der Waals surface area contributed by atoms with E-state index < -0.39 is 0 Å². The van der Waals surface area contributed by atoms with Gasteiger partial charge in [-0.15, -0.1) is 0 Å². The molecule has 0 radical (unpaired) electrons. The van der Waals surface area contributed by atoms with Crippen LogP contribution in [0.25, 0.3) is 0 Å². The van der Waals surface area contributed by atoms with Crippen molar-refractivity contribution in [2.75, 3.05) is 6.61 Å². The Morgan fingerprint density at radius 2 is 2.05 bits per heavy atom. The molecule has 2 aromatic rings. The molecule has 0 fully saturated rings. The third-order valence-corrected chi connectivity index (χ3v) is 3.77. The highest BCUT2D eigenvalue weighted by atomic mass is 35.5. The zero-order valence-electron chi connectivity index (χ0n) is 11.7. The van der Waals surface area contributed by atoms with Crippen LogP contribution in [0.1, 0.15) is 16.7 Å². The van der Waals surface area contributed by atoms with E-state index in [0.717, 1.165) is 23.5 Å². The molecule has 0 saturated carbocycles. The standard InChI is InChI=1S/C17H17ClO2/c1-11-3-6-16-13(7-11)8-15(20-16)10-19-17-9-14(18)5-4-12(17)2/h3-7,9,15H,8,10H2,1-2H3. The summed E-state index contributed by atoms with van der Waals surface area (Å²) in [5.74, 6) is 1.81. The van der Waals surface area contributed by atoms with Crippen molar-refractivity contribution in [1.29, 1.82) is 0 Å². The third-order valence-electron chi connectivity index (χ3n) is 3.53. The molecule has 0 aromatic heterocycles. The second kappa shape index (κ2) is 5.37. The van der Waals surface area contributed by atoms with E-state index in [2.05, 4.69) is 19.1 Å². The van der Waals surface area contributed by atoms with Gasteiger partial charge in [0.1, 0.15) is 24.2 Å². The van der Waals surface area contributed by atoms with Gasteiger partial charge in [0.25, 0.3) is 0 Å². The topological polar surface area (TPSA) is 18.5 Å². The van der Waals surface area contributed by atoms with Crippen molar-refractivity contribution >= 4 is 11.6 Å². The van der Waals surface area contributed by atoms with Crippen molar-refractivity contribution in [2.45, 2.75) is 26.4 Å². The average molecular weight is 289 g/mol. The van der Waals surface area contributed by atoms with Crippen molar-refractivity contribution in [1.82, 2.24) is 0 Å². The van der Waals surface area contributed by atoms with Crippen LogP contribution in [0, 0.1) is 13.8 Å². The molecule has 1 heterocycles. The van der Waals surface area contributed by atoms with Crippen LogP contribution in [0.4, 0.5) is 0 Å². The smallest absolute Gasteiger partial charge is 0.137 e. The molecule has 3 rings (SSSR count). The predicted molar refractivity (Wildman–Crippen MR) is 81.0 cm³/mol. The highest BCUT2D eigenvalue weighted by Crippen LogP contribution is 2.30. The van der Waals surface area contributed by atoms with Crippen molar-refractivity contribution in [3.8, 4) is 11.5 Å². The second-order valence-corrected chi connectivity index (χ2v) is 5.71. The molecule has 1 aliphatic rings. The van der Waals surface area contributed by atoms with Crippen LogP contribution in [0.2, 0.25) is 5.02 Å². The first-order valence-electron chi connectivity index (χ1n) is 6.77. The van der Waals surface area contributed by atoms with E-state index in [-0.39, 0.29) is 6.10 Å². The molecule has 0 spiro atoms. The Hall–Kier alpha value is -1.67. The van der Waals surface area contributed by atoms with Crippen LogP contribution in [-0.4, -0.2) is 12.7 Å². The number of hydrogen-bond acceptors (Lipinski definition) is 2. The second-order valence-electron chi connectivity index (χ2n) is 5.28. The largest absolute Gasteiger partial charge is 0.489 e. The van der Waals surface area contributed by atoms with E-state index in [1.165, 1.54) is 11.1 Å². The molecule has 1 atom stereocenters. The Morgan fingerprint density at radius 3 is 2.90 bits per heavy atom. The van der Waals surface area contributed by atoms with Gasteiger partial charge in [-0.05, 0) is 43.2 Å². The highest BCUT2D eigenvalue weighted by Gasteiger charge is 2.23. The Morgan fingerprint density at radius 1 is 1.20 bits per heavy atom. The van der Waals surface area contributed by atoms with Gasteiger partial charge in [-0.2, -0.15) is 0 Å². The maximum absolute atomic E-state index is 5.99. The fraction of sp³-hybridized carbons (Fsp3) is 0.294. The lowest BCUT2D eigenvalue weighted by atomic mass is 10.1. The van der Waals surface area contributed by atoms with E-state index >= 15 is 0 Å². The van der Waals surface area contributed by atoms with Crippen LogP contribution in [-0.2, 0) is 6.42 Å². The van der Waals surface area contributed by atoms with E-state index in [9.17, 15) is 0 Å². The molecule has 2 nitrogen and oxygen atoms in total. The molecule has 1 aliphatic heterocycles. The average Bonchev–Trinajstić information content (AvgIpc) is 2.81. The van der Waals surface area contributed by atoms with Crippen molar-refractivity contribution in [2.24, 2.45) is 0 Å². The quantitative estimate of drug-likeness (QED) is 0.836. The maximum Gasteiger partial charge on any atom is 0.137 e. The summed E-state index contributed by atoms with van der Waals surface area (Å²) in [6.45, 7) is 4.65. The van der Waals surface area contributed by atoms with Gasteiger partial charge in [0.2, 0.25) is 0 Å². The molecule has 0 amide bonds. The lowest BCUT2D eigenvalue weighted by molar-refractivity contribution is 0.148. The van der Waals surface area contributed by atoms with Crippen molar-refractivity contribution in [3.63, 3.8) is 0 Å². The predicted octanol–water partition coefficient (Wildman–Crippen LogP) is 4.34. The highest BCUT2D eigenvalue weighted by molar-refractivity contribution is 6.30. The summed E-state index contributed by atoms with van der Waals surface area (Å²) < 4.78 is 11.7. The van der Waals surface area contributed by atoms with Crippen LogP contribution in [0.15, 0.2) is 36.4 Å². The summed E-state index contributed by atoms with van der Waals surface area (Å²) in [5, 5.41) is 0.692. The summed E-state index contributed by atoms with van der Waals surface area (Å²) in [5.41, 5.74) is 3.61. The molecule has 0 N–H and O–H groups in total. The molecular formula is C17H17ClO2. The minimum absolute atomic E-state index is 0.0742. The summed E-state index contributed by atoms with van der Waals surface area (Å²) in [6, 6.07) is 12.0. The van der Waals surface area contributed by atoms with Crippen molar-refractivity contribution in [3.05, 3.63) is 58.1 Å².